The van der Waals surface area contributed by atoms with Gasteiger partial charge in [0.1, 0.15) is 5.39 Å². The number of nitrogens with one attached hydrogen (secondary N) is 2. The first-order chi connectivity index (χ1) is 15.6. The third-order valence-electron chi connectivity index (χ3n) is 4.93. The number of H-pyrrole nitrogens is 1. The van der Waals surface area contributed by atoms with Gasteiger partial charge in [-0.3, -0.25) is 9.59 Å². The highest BCUT2D eigenvalue weighted by Gasteiger charge is 2.15. The van der Waals surface area contributed by atoms with Gasteiger partial charge >= 0.3 is 0 Å². The van der Waals surface area contributed by atoms with Crippen molar-refractivity contribution in [1.29, 1.82) is 0 Å². The molecule has 32 heavy (non-hydrogen) atoms. The van der Waals surface area contributed by atoms with Crippen molar-refractivity contribution >= 4 is 28.7 Å². The maximum Gasteiger partial charge on any atom is 0.262 e. The van der Waals surface area contributed by atoms with Crippen molar-refractivity contribution in [3.8, 4) is 17.2 Å². The van der Waals surface area contributed by atoms with E-state index in [1.165, 1.54) is 6.20 Å². The molecular weight excluding hydrogens is 430 g/mol. The second kappa shape index (κ2) is 8.39. The molecule has 9 nitrogen and oxygen atoms in total. The number of thioether (sulfide) groups is 1. The molecule has 0 atom stereocenters. The van der Waals surface area contributed by atoms with E-state index < -0.39 is 0 Å². The number of carbonyl (C=O) groups excluding carboxylic acids is 1. The summed E-state index contributed by atoms with van der Waals surface area (Å²) in [6, 6.07) is 13.3. The number of amides is 1. The van der Waals surface area contributed by atoms with Crippen LogP contribution in [0.2, 0.25) is 0 Å². The Labute approximate surface area is 186 Å². The third kappa shape index (κ3) is 4.04. The first-order valence-corrected chi connectivity index (χ1v) is 10.9. The van der Waals surface area contributed by atoms with Crippen LogP contribution >= 0.6 is 11.8 Å². The largest absolute Gasteiger partial charge is 0.454 e. The standard InChI is InChI=1S/C22H19N5O4S/c1-13-3-2-4-15(7-13)27-20-16(10-24-27)21(29)26-22(25-20)32-11-19(28)23-9-14-5-6-17-18(8-14)31-12-30-17/h2-8,10H,9,11-12H2,1H3,(H,23,28)(H,25,26,29). The van der Waals surface area contributed by atoms with Gasteiger partial charge in [0, 0.05) is 6.54 Å². The quantitative estimate of drug-likeness (QED) is 0.344. The van der Waals surface area contributed by atoms with Crippen LogP contribution in [0, 0.1) is 6.92 Å². The van der Waals surface area contributed by atoms with E-state index in [-0.39, 0.29) is 24.0 Å². The highest BCUT2D eigenvalue weighted by atomic mass is 32.2. The number of hydrogen-bond donors (Lipinski definition) is 2. The van der Waals surface area contributed by atoms with Gasteiger partial charge in [-0.15, -0.1) is 0 Å². The predicted molar refractivity (Wildman–Crippen MR) is 119 cm³/mol. The molecule has 3 heterocycles. The fourth-order valence-corrected chi connectivity index (χ4v) is 4.04. The second-order valence-corrected chi connectivity index (χ2v) is 8.22. The molecule has 4 aromatic rings. The third-order valence-corrected chi connectivity index (χ3v) is 5.80. The molecule has 1 aliphatic heterocycles. The zero-order chi connectivity index (χ0) is 22.1. The molecule has 0 saturated heterocycles. The first-order valence-electron chi connectivity index (χ1n) is 9.90. The summed E-state index contributed by atoms with van der Waals surface area (Å²) in [5, 5.41) is 7.92. The lowest BCUT2D eigenvalue weighted by Gasteiger charge is -2.07. The Balaban J connectivity index is 1.27. The lowest BCUT2D eigenvalue weighted by molar-refractivity contribution is -0.118. The zero-order valence-corrected chi connectivity index (χ0v) is 17.9. The smallest absolute Gasteiger partial charge is 0.262 e. The minimum atomic E-state index is -0.294. The van der Waals surface area contributed by atoms with E-state index in [0.29, 0.717) is 34.2 Å². The number of fused-ring (bicyclic) bond motifs is 2. The van der Waals surface area contributed by atoms with Crippen molar-refractivity contribution in [1.82, 2.24) is 25.1 Å². The van der Waals surface area contributed by atoms with Gasteiger partial charge in [0.2, 0.25) is 12.7 Å². The van der Waals surface area contributed by atoms with E-state index in [9.17, 15) is 9.59 Å². The van der Waals surface area contributed by atoms with Crippen molar-refractivity contribution in [2.45, 2.75) is 18.6 Å². The molecule has 0 unspecified atom stereocenters. The molecule has 162 valence electrons. The highest BCUT2D eigenvalue weighted by molar-refractivity contribution is 7.99. The molecule has 5 rings (SSSR count). The summed E-state index contributed by atoms with van der Waals surface area (Å²) in [6.45, 7) is 2.55. The van der Waals surface area contributed by atoms with Gasteiger partial charge in [0.25, 0.3) is 5.56 Å². The Morgan fingerprint density at radius 2 is 2.09 bits per heavy atom. The maximum atomic E-state index is 12.5. The first kappa shape index (κ1) is 20.1. The normalized spacial score (nSPS) is 12.3. The van der Waals surface area contributed by atoms with E-state index in [1.807, 2.05) is 49.4 Å². The number of aromatic nitrogens is 4. The minimum absolute atomic E-state index is 0.109. The summed E-state index contributed by atoms with van der Waals surface area (Å²) in [7, 11) is 0. The molecule has 1 amide bonds. The Morgan fingerprint density at radius 3 is 2.97 bits per heavy atom. The van der Waals surface area contributed by atoms with Crippen molar-refractivity contribution in [3.63, 3.8) is 0 Å². The van der Waals surface area contributed by atoms with Crippen LogP contribution in [0.15, 0.2) is 58.6 Å². The fraction of sp³-hybridized carbons (Fsp3) is 0.182. The van der Waals surface area contributed by atoms with Gasteiger partial charge in [-0.2, -0.15) is 5.10 Å². The van der Waals surface area contributed by atoms with Crippen molar-refractivity contribution in [2.75, 3.05) is 12.5 Å². The fourth-order valence-electron chi connectivity index (χ4n) is 3.35. The van der Waals surface area contributed by atoms with Crippen LogP contribution in [0.1, 0.15) is 11.1 Å². The lowest BCUT2D eigenvalue weighted by atomic mass is 10.2. The Kier molecular flexibility index (Phi) is 5.28. The molecule has 0 spiro atoms. The summed E-state index contributed by atoms with van der Waals surface area (Å²) in [5.41, 5.74) is 2.95. The van der Waals surface area contributed by atoms with Crippen molar-refractivity contribution in [3.05, 3.63) is 70.1 Å². The van der Waals surface area contributed by atoms with Crippen LogP contribution in [0.3, 0.4) is 0 Å². The highest BCUT2D eigenvalue weighted by Crippen LogP contribution is 2.32. The number of benzene rings is 2. The van der Waals surface area contributed by atoms with Crippen LogP contribution in [0.25, 0.3) is 16.7 Å². The van der Waals surface area contributed by atoms with E-state index in [1.54, 1.807) is 4.68 Å². The van der Waals surface area contributed by atoms with Crippen molar-refractivity contribution in [2.24, 2.45) is 0 Å². The average Bonchev–Trinajstić information content (AvgIpc) is 3.43. The summed E-state index contributed by atoms with van der Waals surface area (Å²) < 4.78 is 12.3. The number of ether oxygens (including phenoxy) is 2. The molecule has 1 aliphatic rings. The molecule has 2 N–H and O–H groups in total. The summed E-state index contributed by atoms with van der Waals surface area (Å²) in [6.07, 6.45) is 1.50. The van der Waals surface area contributed by atoms with Crippen LogP contribution in [-0.4, -0.2) is 38.2 Å². The van der Waals surface area contributed by atoms with Gasteiger partial charge in [0.15, 0.2) is 22.3 Å². The molecule has 2 aromatic carbocycles. The zero-order valence-electron chi connectivity index (χ0n) is 17.1. The molecule has 0 aliphatic carbocycles. The number of carbonyl (C=O) groups is 1. The van der Waals surface area contributed by atoms with E-state index in [2.05, 4.69) is 20.4 Å². The van der Waals surface area contributed by atoms with E-state index >= 15 is 0 Å². The monoisotopic (exact) mass is 449 g/mol. The maximum absolute atomic E-state index is 12.5. The number of aryl methyl sites for hydroxylation is 1. The van der Waals surface area contributed by atoms with E-state index in [0.717, 1.165) is 28.6 Å². The Hall–Kier alpha value is -3.79. The number of aromatic amines is 1. The predicted octanol–water partition coefficient (Wildman–Crippen LogP) is 2.55. The molecular formula is C22H19N5O4S. The second-order valence-electron chi connectivity index (χ2n) is 7.26. The van der Waals surface area contributed by atoms with Gasteiger partial charge in [-0.05, 0) is 42.3 Å². The molecule has 0 fully saturated rings. The Bertz CT molecular complexity index is 1380. The van der Waals surface area contributed by atoms with Gasteiger partial charge in [-0.25, -0.2) is 9.67 Å². The van der Waals surface area contributed by atoms with Crippen LogP contribution < -0.4 is 20.3 Å². The topological polar surface area (TPSA) is 111 Å². The molecule has 0 radical (unpaired) electrons. The molecule has 0 bridgehead atoms. The van der Waals surface area contributed by atoms with Crippen LogP contribution in [0.4, 0.5) is 0 Å². The molecule has 0 saturated carbocycles. The lowest BCUT2D eigenvalue weighted by Crippen LogP contribution is -2.24. The molecule has 10 heteroatoms. The summed E-state index contributed by atoms with van der Waals surface area (Å²) in [5.74, 6) is 1.30. The SMILES string of the molecule is Cc1cccc(-n2ncc3c(=O)[nH]c(SCC(=O)NCc4ccc5c(c4)OCO5)nc32)c1. The van der Waals surface area contributed by atoms with Crippen molar-refractivity contribution < 1.29 is 14.3 Å². The van der Waals surface area contributed by atoms with E-state index in [4.69, 9.17) is 9.47 Å². The average molecular weight is 449 g/mol. The number of rotatable bonds is 6. The summed E-state index contributed by atoms with van der Waals surface area (Å²) in [4.78, 5) is 32.0. The van der Waals surface area contributed by atoms with Gasteiger partial charge < -0.3 is 19.8 Å². The molecule has 2 aromatic heterocycles. The van der Waals surface area contributed by atoms with Gasteiger partial charge in [-0.1, -0.05) is 30.0 Å². The van der Waals surface area contributed by atoms with Crippen LogP contribution in [0.5, 0.6) is 11.5 Å². The summed E-state index contributed by atoms with van der Waals surface area (Å²) >= 11 is 1.16. The van der Waals surface area contributed by atoms with Gasteiger partial charge in [0.05, 0.1) is 17.6 Å². The van der Waals surface area contributed by atoms with Crippen LogP contribution in [-0.2, 0) is 11.3 Å². The minimum Gasteiger partial charge on any atom is -0.454 e. The number of hydrogen-bond acceptors (Lipinski definition) is 7. The Morgan fingerprint density at radius 1 is 1.22 bits per heavy atom. The number of nitrogens with zero attached hydrogens (tertiary/aromatic N) is 3.